The first-order valence-corrected chi connectivity index (χ1v) is 7.19. The van der Waals surface area contributed by atoms with Crippen molar-refractivity contribution >= 4 is 23.5 Å². The van der Waals surface area contributed by atoms with E-state index in [0.29, 0.717) is 11.3 Å². The number of anilines is 1. The van der Waals surface area contributed by atoms with Crippen LogP contribution in [0.25, 0.3) is 0 Å². The van der Waals surface area contributed by atoms with Gasteiger partial charge >= 0.3 is 5.97 Å². The second-order valence-electron chi connectivity index (χ2n) is 5.55. The van der Waals surface area contributed by atoms with Gasteiger partial charge in [-0.1, -0.05) is 12.8 Å². The smallest absolute Gasteiger partial charge is 0.337 e. The van der Waals surface area contributed by atoms with Crippen molar-refractivity contribution in [2.24, 2.45) is 11.8 Å². The molecule has 1 saturated carbocycles. The molecule has 0 aromatic heterocycles. The summed E-state index contributed by atoms with van der Waals surface area (Å²) in [5, 5.41) is 0. The van der Waals surface area contributed by atoms with Gasteiger partial charge in [0, 0.05) is 0 Å². The number of hydrogen-bond donors (Lipinski definition) is 0. The van der Waals surface area contributed by atoms with Gasteiger partial charge in [0.25, 0.3) is 0 Å². The van der Waals surface area contributed by atoms with Gasteiger partial charge in [0.05, 0.1) is 30.2 Å². The maximum absolute atomic E-state index is 12.4. The summed E-state index contributed by atoms with van der Waals surface area (Å²) >= 11 is 0. The highest BCUT2D eigenvalue weighted by molar-refractivity contribution is 6.22. The zero-order valence-electron chi connectivity index (χ0n) is 11.9. The molecule has 5 nitrogen and oxygen atoms in total. The summed E-state index contributed by atoms with van der Waals surface area (Å²) in [6.45, 7) is 0. The quantitative estimate of drug-likeness (QED) is 0.617. The third kappa shape index (κ3) is 2.22. The lowest BCUT2D eigenvalue weighted by Gasteiger charge is -2.19. The molecule has 0 spiro atoms. The Morgan fingerprint density at radius 1 is 1.05 bits per heavy atom. The van der Waals surface area contributed by atoms with Crippen LogP contribution < -0.4 is 4.90 Å². The van der Waals surface area contributed by atoms with Crippen LogP contribution in [0.5, 0.6) is 0 Å². The second-order valence-corrected chi connectivity index (χ2v) is 5.55. The Labute approximate surface area is 122 Å². The van der Waals surface area contributed by atoms with Gasteiger partial charge in [-0.15, -0.1) is 0 Å². The maximum atomic E-state index is 12.4. The fraction of sp³-hybridized carbons (Fsp3) is 0.438. The number of methoxy groups -OCH3 is 1. The number of imide groups is 1. The Balaban J connectivity index is 1.88. The highest BCUT2D eigenvalue weighted by Gasteiger charge is 2.48. The van der Waals surface area contributed by atoms with E-state index in [2.05, 4.69) is 4.74 Å². The van der Waals surface area contributed by atoms with Gasteiger partial charge in [-0.05, 0) is 37.1 Å². The minimum Gasteiger partial charge on any atom is -0.465 e. The highest BCUT2D eigenvalue weighted by atomic mass is 16.5. The lowest BCUT2D eigenvalue weighted by atomic mass is 9.81. The van der Waals surface area contributed by atoms with E-state index in [9.17, 15) is 14.4 Å². The van der Waals surface area contributed by atoms with Crippen LogP contribution in [0.1, 0.15) is 36.0 Å². The molecule has 1 aliphatic carbocycles. The largest absolute Gasteiger partial charge is 0.465 e. The minimum absolute atomic E-state index is 0.101. The summed E-state index contributed by atoms with van der Waals surface area (Å²) in [6.07, 6.45) is 3.61. The topological polar surface area (TPSA) is 63.7 Å². The van der Waals surface area contributed by atoms with Crippen LogP contribution in [0, 0.1) is 11.8 Å². The summed E-state index contributed by atoms with van der Waals surface area (Å²) in [7, 11) is 1.31. The van der Waals surface area contributed by atoms with E-state index in [0.717, 1.165) is 25.7 Å². The van der Waals surface area contributed by atoms with Gasteiger partial charge in [-0.25, -0.2) is 4.79 Å². The van der Waals surface area contributed by atoms with Gasteiger partial charge in [0.15, 0.2) is 0 Å². The van der Waals surface area contributed by atoms with Gasteiger partial charge in [-0.2, -0.15) is 0 Å². The molecule has 2 aliphatic rings. The SMILES string of the molecule is COC(=O)c1ccc(N2C(=O)C3CCCCC3C2=O)cc1. The van der Waals surface area contributed by atoms with E-state index in [1.54, 1.807) is 24.3 Å². The van der Waals surface area contributed by atoms with Crippen LogP contribution >= 0.6 is 0 Å². The van der Waals surface area contributed by atoms with Crippen LogP contribution in [0.3, 0.4) is 0 Å². The molecule has 1 heterocycles. The zero-order valence-corrected chi connectivity index (χ0v) is 11.9. The maximum Gasteiger partial charge on any atom is 0.337 e. The molecule has 1 aromatic carbocycles. The summed E-state index contributed by atoms with van der Waals surface area (Å²) < 4.78 is 4.63. The summed E-state index contributed by atoms with van der Waals surface area (Å²) in [4.78, 5) is 37.6. The average molecular weight is 287 g/mol. The lowest BCUT2D eigenvalue weighted by molar-refractivity contribution is -0.122. The first-order chi connectivity index (χ1) is 10.1. The fourth-order valence-electron chi connectivity index (χ4n) is 3.28. The molecular weight excluding hydrogens is 270 g/mol. The minimum atomic E-state index is -0.436. The molecule has 0 radical (unpaired) electrons. The van der Waals surface area contributed by atoms with Crippen molar-refractivity contribution in [1.29, 1.82) is 0 Å². The number of hydrogen-bond acceptors (Lipinski definition) is 4. The molecule has 2 atom stereocenters. The molecular formula is C16H17NO4. The van der Waals surface area contributed by atoms with Gasteiger partial charge < -0.3 is 4.74 Å². The molecule has 1 aliphatic heterocycles. The molecule has 1 aromatic rings. The highest BCUT2D eigenvalue weighted by Crippen LogP contribution is 2.39. The van der Waals surface area contributed by atoms with Crippen LogP contribution in [-0.2, 0) is 14.3 Å². The Kier molecular flexibility index (Phi) is 3.49. The van der Waals surface area contributed by atoms with Crippen LogP contribution in [0.2, 0.25) is 0 Å². The van der Waals surface area contributed by atoms with Crippen molar-refractivity contribution in [2.75, 3.05) is 12.0 Å². The molecule has 5 heteroatoms. The standard InChI is InChI=1S/C16H17NO4/c1-21-16(20)10-6-8-11(9-7-10)17-14(18)12-4-2-3-5-13(12)15(17)19/h6-9,12-13H,2-5H2,1H3. The van der Waals surface area contributed by atoms with Crippen LogP contribution in [-0.4, -0.2) is 24.9 Å². The number of esters is 1. The summed E-state index contributed by atoms with van der Waals surface area (Å²) in [5.41, 5.74) is 0.935. The summed E-state index contributed by atoms with van der Waals surface area (Å²) in [6, 6.07) is 6.40. The number of carbonyl (C=O) groups is 3. The third-order valence-electron chi connectivity index (χ3n) is 4.39. The molecule has 0 N–H and O–H groups in total. The number of nitrogens with zero attached hydrogens (tertiary/aromatic N) is 1. The second kappa shape index (κ2) is 5.31. The third-order valence-corrected chi connectivity index (χ3v) is 4.39. The lowest BCUT2D eigenvalue weighted by Crippen LogP contribution is -2.30. The Hall–Kier alpha value is -2.17. The zero-order chi connectivity index (χ0) is 15.0. The van der Waals surface area contributed by atoms with Crippen molar-refractivity contribution in [3.8, 4) is 0 Å². The van der Waals surface area contributed by atoms with E-state index < -0.39 is 5.97 Å². The van der Waals surface area contributed by atoms with E-state index in [4.69, 9.17) is 0 Å². The molecule has 21 heavy (non-hydrogen) atoms. The first-order valence-electron chi connectivity index (χ1n) is 7.19. The number of amides is 2. The predicted octanol–water partition coefficient (Wildman–Crippen LogP) is 2.15. The number of ether oxygens (including phenoxy) is 1. The molecule has 0 bridgehead atoms. The van der Waals surface area contributed by atoms with Gasteiger partial charge in [-0.3, -0.25) is 14.5 Å². The number of carbonyl (C=O) groups excluding carboxylic acids is 3. The Morgan fingerprint density at radius 2 is 1.57 bits per heavy atom. The predicted molar refractivity (Wildman–Crippen MR) is 75.7 cm³/mol. The normalized spacial score (nSPS) is 24.9. The molecule has 110 valence electrons. The van der Waals surface area contributed by atoms with Crippen molar-refractivity contribution in [2.45, 2.75) is 25.7 Å². The van der Waals surface area contributed by atoms with Crippen molar-refractivity contribution < 1.29 is 19.1 Å². The molecule has 2 fully saturated rings. The van der Waals surface area contributed by atoms with Gasteiger partial charge in [0.1, 0.15) is 0 Å². The van der Waals surface area contributed by atoms with Crippen LogP contribution in [0.15, 0.2) is 24.3 Å². The van der Waals surface area contributed by atoms with Crippen LogP contribution in [0.4, 0.5) is 5.69 Å². The van der Waals surface area contributed by atoms with Gasteiger partial charge in [0.2, 0.25) is 11.8 Å². The molecule has 2 unspecified atom stereocenters. The van der Waals surface area contributed by atoms with E-state index in [-0.39, 0.29) is 23.7 Å². The molecule has 2 amide bonds. The molecule has 3 rings (SSSR count). The van der Waals surface area contributed by atoms with E-state index >= 15 is 0 Å². The summed E-state index contributed by atoms with van der Waals surface area (Å²) in [5.74, 6) is -0.960. The monoisotopic (exact) mass is 287 g/mol. The first kappa shape index (κ1) is 13.8. The number of benzene rings is 1. The molecule has 1 saturated heterocycles. The van der Waals surface area contributed by atoms with Crippen molar-refractivity contribution in [3.05, 3.63) is 29.8 Å². The van der Waals surface area contributed by atoms with Crippen molar-refractivity contribution in [3.63, 3.8) is 0 Å². The number of rotatable bonds is 2. The Morgan fingerprint density at radius 3 is 2.05 bits per heavy atom. The Bertz CT molecular complexity index is 569. The van der Waals surface area contributed by atoms with E-state index in [1.165, 1.54) is 12.0 Å². The van der Waals surface area contributed by atoms with E-state index in [1.807, 2.05) is 0 Å². The number of fused-ring (bicyclic) bond motifs is 1. The van der Waals surface area contributed by atoms with Crippen molar-refractivity contribution in [1.82, 2.24) is 0 Å². The fourth-order valence-corrected chi connectivity index (χ4v) is 3.28. The average Bonchev–Trinajstić information content (AvgIpc) is 2.79.